The van der Waals surface area contributed by atoms with Crippen molar-refractivity contribution in [2.45, 2.75) is 70.3 Å². The van der Waals surface area contributed by atoms with E-state index in [-0.39, 0.29) is 42.9 Å². The number of nitrogens with one attached hydrogen (secondary N) is 1. The van der Waals surface area contributed by atoms with E-state index in [1.54, 1.807) is 6.07 Å². The lowest BCUT2D eigenvalue weighted by Gasteiger charge is -2.37. The number of halogens is 5. The predicted molar refractivity (Wildman–Crippen MR) is 131 cm³/mol. The molecule has 0 aromatic carbocycles. The SMILES string of the molecule is CCCC1CN(c2nc(Nc3cc(C(F)(F)F)ccn3)cc(C3CCN(C(=O)C(F)F)CC3)n2)CC(C)O1. The molecule has 1 N–H and O–H groups in total. The third-order valence-electron chi connectivity index (χ3n) is 6.71. The predicted octanol–water partition coefficient (Wildman–Crippen LogP) is 5.00. The van der Waals surface area contributed by atoms with Gasteiger partial charge in [0.2, 0.25) is 5.95 Å². The fourth-order valence-corrected chi connectivity index (χ4v) is 4.90. The van der Waals surface area contributed by atoms with Gasteiger partial charge in [0.25, 0.3) is 5.91 Å². The van der Waals surface area contributed by atoms with Crippen molar-refractivity contribution < 1.29 is 31.5 Å². The van der Waals surface area contributed by atoms with Crippen LogP contribution in [0.1, 0.15) is 56.7 Å². The Morgan fingerprint density at radius 2 is 1.89 bits per heavy atom. The first-order valence-electron chi connectivity index (χ1n) is 12.7. The topological polar surface area (TPSA) is 83.5 Å². The van der Waals surface area contributed by atoms with Gasteiger partial charge < -0.3 is 19.9 Å². The van der Waals surface area contributed by atoms with Crippen LogP contribution in [0.2, 0.25) is 0 Å². The molecular formula is C25H31F5N6O2. The van der Waals surface area contributed by atoms with Gasteiger partial charge in [-0.05, 0) is 38.3 Å². The van der Waals surface area contributed by atoms with Crippen molar-refractivity contribution in [3.8, 4) is 0 Å². The fourth-order valence-electron chi connectivity index (χ4n) is 4.90. The molecule has 2 fully saturated rings. The fraction of sp³-hybridized carbons (Fsp3) is 0.600. The minimum Gasteiger partial charge on any atom is -0.372 e. The Morgan fingerprint density at radius 3 is 2.55 bits per heavy atom. The maximum atomic E-state index is 13.2. The van der Waals surface area contributed by atoms with Crippen LogP contribution in [0.25, 0.3) is 0 Å². The van der Waals surface area contributed by atoms with E-state index in [0.717, 1.165) is 36.1 Å². The summed E-state index contributed by atoms with van der Waals surface area (Å²) >= 11 is 0. The van der Waals surface area contributed by atoms with Crippen LogP contribution in [0.15, 0.2) is 24.4 Å². The van der Waals surface area contributed by atoms with Crippen LogP contribution in [-0.2, 0) is 15.7 Å². The standard InChI is InChI=1S/C25H31F5N6O2/c1-3-4-18-14-36(13-15(2)38-18)24-32-19(16-6-9-35(10-7-16)23(37)22(26)27)12-21(34-24)33-20-11-17(5-8-31-20)25(28,29)30/h5,8,11-12,15-16,18,22H,3-4,6-7,9-10,13-14H2,1-2H3,(H,31,32,33,34). The lowest BCUT2D eigenvalue weighted by atomic mass is 9.93. The molecule has 2 aromatic rings. The number of rotatable bonds is 7. The van der Waals surface area contributed by atoms with E-state index in [4.69, 9.17) is 9.72 Å². The Bertz CT molecular complexity index is 1110. The Morgan fingerprint density at radius 1 is 1.16 bits per heavy atom. The van der Waals surface area contributed by atoms with Gasteiger partial charge in [-0.1, -0.05) is 13.3 Å². The molecule has 38 heavy (non-hydrogen) atoms. The summed E-state index contributed by atoms with van der Waals surface area (Å²) in [4.78, 5) is 28.2. The first-order chi connectivity index (χ1) is 18.0. The molecule has 2 saturated heterocycles. The molecule has 208 valence electrons. The third-order valence-corrected chi connectivity index (χ3v) is 6.71. The van der Waals surface area contributed by atoms with Crippen LogP contribution >= 0.6 is 0 Å². The molecule has 0 saturated carbocycles. The Balaban J connectivity index is 1.62. The van der Waals surface area contributed by atoms with Crippen molar-refractivity contribution >= 4 is 23.5 Å². The Hall–Kier alpha value is -3.09. The molecule has 0 aliphatic carbocycles. The number of aromatic nitrogens is 3. The van der Waals surface area contributed by atoms with E-state index in [1.807, 2.05) is 11.8 Å². The second-order valence-electron chi connectivity index (χ2n) is 9.69. The van der Waals surface area contributed by atoms with Gasteiger partial charge in [0.05, 0.1) is 23.5 Å². The van der Waals surface area contributed by atoms with E-state index in [0.29, 0.717) is 37.6 Å². The molecule has 0 spiro atoms. The van der Waals surface area contributed by atoms with Crippen LogP contribution in [0.3, 0.4) is 0 Å². The maximum Gasteiger partial charge on any atom is 0.416 e. The molecule has 4 rings (SSSR count). The average Bonchev–Trinajstić information content (AvgIpc) is 2.87. The van der Waals surface area contributed by atoms with E-state index in [9.17, 15) is 26.7 Å². The zero-order valence-corrected chi connectivity index (χ0v) is 21.2. The number of likely N-dealkylation sites (tertiary alicyclic amines) is 1. The number of amides is 1. The van der Waals surface area contributed by atoms with Crippen LogP contribution < -0.4 is 10.2 Å². The smallest absolute Gasteiger partial charge is 0.372 e. The van der Waals surface area contributed by atoms with E-state index in [2.05, 4.69) is 22.2 Å². The van der Waals surface area contributed by atoms with Gasteiger partial charge in [-0.25, -0.2) is 9.97 Å². The lowest BCUT2D eigenvalue weighted by molar-refractivity contribution is -0.144. The zero-order valence-electron chi connectivity index (χ0n) is 21.2. The summed E-state index contributed by atoms with van der Waals surface area (Å²) in [5, 5.41) is 2.88. The zero-order chi connectivity index (χ0) is 27.4. The molecule has 2 aromatic heterocycles. The average molecular weight is 543 g/mol. The molecule has 1 amide bonds. The normalized spacial score (nSPS) is 21.2. The highest BCUT2D eigenvalue weighted by Crippen LogP contribution is 2.33. The number of pyridine rings is 1. The number of morpholine rings is 1. The summed E-state index contributed by atoms with van der Waals surface area (Å²) in [5.41, 5.74) is -0.218. The van der Waals surface area contributed by atoms with Crippen LogP contribution in [0.5, 0.6) is 0 Å². The molecule has 8 nitrogen and oxygen atoms in total. The van der Waals surface area contributed by atoms with E-state index in [1.165, 1.54) is 0 Å². The third kappa shape index (κ3) is 6.86. The first kappa shape index (κ1) is 27.9. The van der Waals surface area contributed by atoms with Crippen LogP contribution in [0, 0.1) is 0 Å². The number of ether oxygens (including phenoxy) is 1. The van der Waals surface area contributed by atoms with Crippen molar-refractivity contribution in [2.75, 3.05) is 36.4 Å². The summed E-state index contributed by atoms with van der Waals surface area (Å²) in [5.74, 6) is -0.673. The summed E-state index contributed by atoms with van der Waals surface area (Å²) in [6.45, 7) is 5.45. The minimum absolute atomic E-state index is 0.0128. The summed E-state index contributed by atoms with van der Waals surface area (Å²) in [7, 11) is 0. The van der Waals surface area contributed by atoms with Crippen molar-refractivity contribution in [2.24, 2.45) is 0 Å². The van der Waals surface area contributed by atoms with Gasteiger partial charge in [0, 0.05) is 44.4 Å². The highest BCUT2D eigenvalue weighted by molar-refractivity contribution is 5.79. The second-order valence-corrected chi connectivity index (χ2v) is 9.69. The molecule has 2 unspecified atom stereocenters. The second kappa shape index (κ2) is 11.7. The molecule has 2 atom stereocenters. The van der Waals surface area contributed by atoms with Gasteiger partial charge in [-0.15, -0.1) is 0 Å². The number of alkyl halides is 5. The van der Waals surface area contributed by atoms with Crippen LogP contribution in [0.4, 0.5) is 39.5 Å². The molecule has 4 heterocycles. The largest absolute Gasteiger partial charge is 0.416 e. The number of piperidine rings is 1. The van der Waals surface area contributed by atoms with Gasteiger partial charge in [-0.2, -0.15) is 26.9 Å². The summed E-state index contributed by atoms with van der Waals surface area (Å²) in [6, 6.07) is 3.44. The quantitative estimate of drug-likeness (QED) is 0.493. The lowest BCUT2D eigenvalue weighted by Crippen LogP contribution is -2.47. The summed E-state index contributed by atoms with van der Waals surface area (Å²) < 4.78 is 71.4. The van der Waals surface area contributed by atoms with Gasteiger partial charge in [0.1, 0.15) is 11.6 Å². The van der Waals surface area contributed by atoms with Crippen molar-refractivity contribution in [3.63, 3.8) is 0 Å². The van der Waals surface area contributed by atoms with Gasteiger partial charge in [-0.3, -0.25) is 4.79 Å². The minimum atomic E-state index is -4.52. The number of carbonyl (C=O) groups excluding carboxylic acids is 1. The first-order valence-corrected chi connectivity index (χ1v) is 12.7. The Labute approximate surface area is 217 Å². The van der Waals surface area contributed by atoms with Crippen molar-refractivity contribution in [1.82, 2.24) is 19.9 Å². The van der Waals surface area contributed by atoms with Crippen molar-refractivity contribution in [3.05, 3.63) is 35.7 Å². The number of anilines is 3. The number of hydrogen-bond acceptors (Lipinski definition) is 7. The van der Waals surface area contributed by atoms with Crippen LogP contribution in [-0.4, -0.2) is 70.6 Å². The van der Waals surface area contributed by atoms with Crippen molar-refractivity contribution in [1.29, 1.82) is 0 Å². The maximum absolute atomic E-state index is 13.2. The molecule has 0 radical (unpaired) electrons. The molecule has 0 bridgehead atoms. The highest BCUT2D eigenvalue weighted by Gasteiger charge is 2.32. The monoisotopic (exact) mass is 542 g/mol. The highest BCUT2D eigenvalue weighted by atomic mass is 19.4. The van der Waals surface area contributed by atoms with Gasteiger partial charge >= 0.3 is 12.6 Å². The number of hydrogen-bond donors (Lipinski definition) is 1. The van der Waals surface area contributed by atoms with Gasteiger partial charge in [0.15, 0.2) is 0 Å². The number of carbonyl (C=O) groups is 1. The molecular weight excluding hydrogens is 511 g/mol. The van der Waals surface area contributed by atoms with E-state index >= 15 is 0 Å². The Kier molecular flexibility index (Phi) is 8.64. The van der Waals surface area contributed by atoms with E-state index < -0.39 is 24.1 Å². The number of nitrogens with zero attached hydrogens (tertiary/aromatic N) is 5. The molecule has 2 aliphatic rings. The molecule has 2 aliphatic heterocycles. The molecule has 13 heteroatoms. The summed E-state index contributed by atoms with van der Waals surface area (Å²) in [6.07, 6.45) is -3.94.